The summed E-state index contributed by atoms with van der Waals surface area (Å²) in [6, 6.07) is 2.21. The molecule has 1 fully saturated rings. The molecule has 1 aliphatic heterocycles. The minimum atomic E-state index is -0.928. The average Bonchev–Trinajstić information content (AvgIpc) is 3.06. The van der Waals surface area contributed by atoms with Gasteiger partial charge in [-0.3, -0.25) is 15.0 Å². The number of carbonyl (C=O) groups excluding carboxylic acids is 1. The van der Waals surface area contributed by atoms with Gasteiger partial charge in [0.25, 0.3) is 0 Å². The van der Waals surface area contributed by atoms with Crippen molar-refractivity contribution in [3.8, 4) is 0 Å². The number of furan rings is 1. The Balaban J connectivity index is 1.88. The van der Waals surface area contributed by atoms with Gasteiger partial charge in [-0.15, -0.1) is 0 Å². The summed E-state index contributed by atoms with van der Waals surface area (Å²) in [5, 5.41) is 13.9. The molecule has 0 unspecified atom stereocenters. The highest BCUT2D eigenvalue weighted by Gasteiger charge is 2.19. The molecule has 2 rings (SSSR count). The van der Waals surface area contributed by atoms with Crippen LogP contribution < -0.4 is 5.73 Å². The van der Waals surface area contributed by atoms with E-state index in [2.05, 4.69) is 19.3 Å². The van der Waals surface area contributed by atoms with Gasteiger partial charge in [-0.2, -0.15) is 0 Å². The summed E-state index contributed by atoms with van der Waals surface area (Å²) in [4.78, 5) is 27.8. The Kier molecular flexibility index (Phi) is 4.31. The quantitative estimate of drug-likeness (QED) is 0.277. The molecule has 9 heteroatoms. The van der Waals surface area contributed by atoms with Crippen molar-refractivity contribution >= 4 is 17.7 Å². The molecule has 0 aromatic carbocycles. The lowest BCUT2D eigenvalue weighted by molar-refractivity contribution is -0.402. The SMILES string of the molecule is N/C(CN1CCCC1)=N\OC(=O)c1ccc([N+](=O)[O-])o1. The van der Waals surface area contributed by atoms with Crippen molar-refractivity contribution in [3.63, 3.8) is 0 Å². The van der Waals surface area contributed by atoms with Crippen LogP contribution in [-0.4, -0.2) is 41.3 Å². The minimum absolute atomic E-state index is 0.168. The van der Waals surface area contributed by atoms with Crippen LogP contribution >= 0.6 is 0 Å². The summed E-state index contributed by atoms with van der Waals surface area (Å²) in [5.74, 6) is -1.59. The predicted molar refractivity (Wildman–Crippen MR) is 68.1 cm³/mol. The molecule has 0 amide bonds. The lowest BCUT2D eigenvalue weighted by Gasteiger charge is -2.12. The van der Waals surface area contributed by atoms with Crippen LogP contribution in [0.25, 0.3) is 0 Å². The number of nitrogens with two attached hydrogens (primary N) is 1. The normalized spacial score (nSPS) is 16.3. The van der Waals surface area contributed by atoms with Gasteiger partial charge in [-0.25, -0.2) is 4.79 Å². The zero-order chi connectivity index (χ0) is 14.5. The second-order valence-corrected chi connectivity index (χ2v) is 4.34. The van der Waals surface area contributed by atoms with Crippen LogP contribution in [0.2, 0.25) is 0 Å². The highest BCUT2D eigenvalue weighted by Crippen LogP contribution is 2.16. The number of carbonyl (C=O) groups is 1. The first-order valence-electron chi connectivity index (χ1n) is 6.06. The molecular weight excluding hydrogens is 268 g/mol. The van der Waals surface area contributed by atoms with Gasteiger partial charge in [0.15, 0.2) is 5.84 Å². The van der Waals surface area contributed by atoms with Gasteiger partial charge < -0.3 is 15.0 Å². The van der Waals surface area contributed by atoms with Crippen LogP contribution in [0.5, 0.6) is 0 Å². The van der Waals surface area contributed by atoms with E-state index in [9.17, 15) is 14.9 Å². The topological polar surface area (TPSA) is 124 Å². The third-order valence-corrected chi connectivity index (χ3v) is 2.80. The van der Waals surface area contributed by atoms with Crippen molar-refractivity contribution < 1.29 is 19.0 Å². The van der Waals surface area contributed by atoms with E-state index in [-0.39, 0.29) is 11.6 Å². The standard InChI is InChI=1S/C11H14N4O5/c12-9(7-14-5-1-2-6-14)13-20-11(16)8-3-4-10(19-8)15(17)18/h3-4H,1-2,5-7H2,(H2,12,13). The van der Waals surface area contributed by atoms with Gasteiger partial charge in [0.1, 0.15) is 4.92 Å². The number of hydrogen-bond donors (Lipinski definition) is 1. The first-order chi connectivity index (χ1) is 9.56. The molecule has 0 atom stereocenters. The molecule has 0 saturated carbocycles. The van der Waals surface area contributed by atoms with Gasteiger partial charge in [0, 0.05) is 0 Å². The number of oxime groups is 1. The van der Waals surface area contributed by atoms with Gasteiger partial charge in [-0.1, -0.05) is 5.16 Å². The second-order valence-electron chi connectivity index (χ2n) is 4.34. The number of likely N-dealkylation sites (tertiary alicyclic amines) is 1. The summed E-state index contributed by atoms with van der Waals surface area (Å²) in [6.07, 6.45) is 2.23. The van der Waals surface area contributed by atoms with Crippen LogP contribution in [0.15, 0.2) is 21.7 Å². The highest BCUT2D eigenvalue weighted by atomic mass is 16.7. The zero-order valence-electron chi connectivity index (χ0n) is 10.7. The fourth-order valence-corrected chi connectivity index (χ4v) is 1.88. The molecule has 2 N–H and O–H groups in total. The maximum absolute atomic E-state index is 11.5. The first kappa shape index (κ1) is 14.0. The predicted octanol–water partition coefficient (Wildman–Crippen LogP) is 0.713. The van der Waals surface area contributed by atoms with E-state index in [1.165, 1.54) is 0 Å². The third-order valence-electron chi connectivity index (χ3n) is 2.80. The molecule has 2 heterocycles. The summed E-state index contributed by atoms with van der Waals surface area (Å²) in [5.41, 5.74) is 5.63. The Morgan fingerprint density at radius 3 is 2.80 bits per heavy atom. The van der Waals surface area contributed by atoms with Crippen LogP contribution in [0.3, 0.4) is 0 Å². The van der Waals surface area contributed by atoms with Crippen LogP contribution in [0, 0.1) is 10.1 Å². The van der Waals surface area contributed by atoms with E-state index in [0.29, 0.717) is 6.54 Å². The van der Waals surface area contributed by atoms with Gasteiger partial charge in [0.05, 0.1) is 12.6 Å². The van der Waals surface area contributed by atoms with Gasteiger partial charge >= 0.3 is 11.9 Å². The number of hydrogen-bond acceptors (Lipinski definition) is 7. The summed E-state index contributed by atoms with van der Waals surface area (Å²) in [6.45, 7) is 2.30. The van der Waals surface area contributed by atoms with Crippen molar-refractivity contribution in [2.24, 2.45) is 10.9 Å². The lowest BCUT2D eigenvalue weighted by Crippen LogP contribution is -2.32. The maximum atomic E-state index is 11.5. The fraction of sp³-hybridized carbons (Fsp3) is 0.455. The van der Waals surface area contributed by atoms with Crippen LogP contribution in [0.1, 0.15) is 23.4 Å². The van der Waals surface area contributed by atoms with E-state index < -0.39 is 16.8 Å². The average molecular weight is 282 g/mol. The van der Waals surface area contributed by atoms with Crippen LogP contribution in [-0.2, 0) is 4.84 Å². The molecule has 1 aliphatic rings. The van der Waals surface area contributed by atoms with Crippen molar-refractivity contribution in [2.45, 2.75) is 12.8 Å². The molecule has 9 nitrogen and oxygen atoms in total. The summed E-state index contributed by atoms with van der Waals surface area (Å²) < 4.78 is 4.68. The second kappa shape index (κ2) is 6.15. The van der Waals surface area contributed by atoms with Crippen molar-refractivity contribution in [1.82, 2.24) is 4.90 Å². The van der Waals surface area contributed by atoms with E-state index in [1.807, 2.05) is 0 Å². The molecule has 0 bridgehead atoms. The number of nitrogens with zero attached hydrogens (tertiary/aromatic N) is 3. The van der Waals surface area contributed by atoms with Crippen molar-refractivity contribution in [3.05, 3.63) is 28.0 Å². The Bertz CT molecular complexity index is 533. The fourth-order valence-electron chi connectivity index (χ4n) is 1.88. The highest BCUT2D eigenvalue weighted by molar-refractivity contribution is 5.88. The smallest absolute Gasteiger partial charge is 0.393 e. The molecule has 1 aromatic rings. The Labute approximate surface area is 114 Å². The first-order valence-corrected chi connectivity index (χ1v) is 6.06. The largest absolute Gasteiger partial charge is 0.433 e. The monoisotopic (exact) mass is 282 g/mol. The number of rotatable bonds is 5. The molecule has 0 aliphatic carbocycles. The lowest BCUT2D eigenvalue weighted by atomic mass is 10.4. The van der Waals surface area contributed by atoms with Crippen molar-refractivity contribution in [1.29, 1.82) is 0 Å². The van der Waals surface area contributed by atoms with E-state index in [0.717, 1.165) is 38.1 Å². The van der Waals surface area contributed by atoms with Crippen LogP contribution in [0.4, 0.5) is 5.88 Å². The number of amidine groups is 1. The maximum Gasteiger partial charge on any atom is 0.433 e. The Hall–Kier alpha value is -2.42. The third kappa shape index (κ3) is 3.54. The zero-order valence-corrected chi connectivity index (χ0v) is 10.7. The van der Waals surface area contributed by atoms with Gasteiger partial charge in [-0.05, 0) is 32.0 Å². The van der Waals surface area contributed by atoms with E-state index in [4.69, 9.17) is 5.73 Å². The molecule has 0 spiro atoms. The Morgan fingerprint density at radius 1 is 1.50 bits per heavy atom. The summed E-state index contributed by atoms with van der Waals surface area (Å²) >= 11 is 0. The molecule has 1 saturated heterocycles. The van der Waals surface area contributed by atoms with Gasteiger partial charge in [0.2, 0.25) is 5.76 Å². The number of nitro groups is 1. The van der Waals surface area contributed by atoms with E-state index in [1.54, 1.807) is 0 Å². The molecule has 20 heavy (non-hydrogen) atoms. The van der Waals surface area contributed by atoms with E-state index >= 15 is 0 Å². The molecular formula is C11H14N4O5. The summed E-state index contributed by atoms with van der Waals surface area (Å²) in [7, 11) is 0. The molecule has 1 aromatic heterocycles. The Morgan fingerprint density at radius 2 is 2.20 bits per heavy atom. The van der Waals surface area contributed by atoms with Crippen molar-refractivity contribution in [2.75, 3.05) is 19.6 Å². The minimum Gasteiger partial charge on any atom is -0.393 e. The molecule has 108 valence electrons. The molecule has 0 radical (unpaired) electrons.